The van der Waals surface area contributed by atoms with Crippen molar-refractivity contribution < 1.29 is 8.42 Å². The van der Waals surface area contributed by atoms with Crippen LogP contribution in [0.15, 0.2) is 71.8 Å². The Hall–Kier alpha value is -3.03. The van der Waals surface area contributed by atoms with Gasteiger partial charge in [0, 0.05) is 24.8 Å². The summed E-state index contributed by atoms with van der Waals surface area (Å²) in [7, 11) is -3.60. The highest BCUT2D eigenvalue weighted by Gasteiger charge is 2.18. The van der Waals surface area contributed by atoms with Gasteiger partial charge in [0.25, 0.3) is 0 Å². The van der Waals surface area contributed by atoms with Crippen LogP contribution in [0.2, 0.25) is 0 Å². The summed E-state index contributed by atoms with van der Waals surface area (Å²) in [6.45, 7) is 4.34. The summed E-state index contributed by atoms with van der Waals surface area (Å²) in [5, 5.41) is 0. The highest BCUT2D eigenvalue weighted by atomic mass is 32.2. The Morgan fingerprint density at radius 1 is 1.00 bits per heavy atom. The van der Waals surface area contributed by atoms with E-state index in [4.69, 9.17) is 4.98 Å². The first kappa shape index (κ1) is 19.3. The molecule has 0 spiro atoms. The summed E-state index contributed by atoms with van der Waals surface area (Å²) >= 11 is 0. The number of imidazole rings is 1. The van der Waals surface area contributed by atoms with Crippen molar-refractivity contribution in [3.05, 3.63) is 78.0 Å². The average molecular weight is 407 g/mol. The van der Waals surface area contributed by atoms with E-state index < -0.39 is 10.0 Å². The highest BCUT2D eigenvalue weighted by Crippen LogP contribution is 2.23. The molecule has 2 heterocycles. The van der Waals surface area contributed by atoms with Crippen LogP contribution in [0, 0.1) is 13.8 Å². The molecule has 0 atom stereocenters. The maximum Gasteiger partial charge on any atom is 0.240 e. The first-order valence-electron chi connectivity index (χ1n) is 9.39. The van der Waals surface area contributed by atoms with Crippen LogP contribution in [0.3, 0.4) is 0 Å². The second-order valence-electron chi connectivity index (χ2n) is 6.97. The fourth-order valence-corrected chi connectivity index (χ4v) is 4.69. The van der Waals surface area contributed by atoms with E-state index in [9.17, 15) is 8.42 Å². The number of nitrogens with zero attached hydrogens (tertiary/aromatic N) is 3. The van der Waals surface area contributed by atoms with Gasteiger partial charge in [0.15, 0.2) is 5.65 Å². The minimum absolute atomic E-state index is 0.234. The van der Waals surface area contributed by atoms with E-state index in [1.165, 1.54) is 0 Å². The average Bonchev–Trinajstić information content (AvgIpc) is 3.09. The van der Waals surface area contributed by atoms with Crippen LogP contribution in [0.5, 0.6) is 0 Å². The van der Waals surface area contributed by atoms with Crippen molar-refractivity contribution in [1.82, 2.24) is 19.3 Å². The molecule has 0 saturated carbocycles. The summed E-state index contributed by atoms with van der Waals surface area (Å²) < 4.78 is 30.3. The van der Waals surface area contributed by atoms with E-state index in [1.807, 2.05) is 66.1 Å². The topological polar surface area (TPSA) is 76.9 Å². The van der Waals surface area contributed by atoms with Crippen molar-refractivity contribution >= 4 is 21.2 Å². The van der Waals surface area contributed by atoms with Crippen LogP contribution in [0.4, 0.5) is 0 Å². The molecular formula is C22H22N4O2S. The van der Waals surface area contributed by atoms with Crippen LogP contribution in [-0.4, -0.2) is 29.5 Å². The number of fused-ring (bicyclic) bond motifs is 1. The maximum absolute atomic E-state index is 12.8. The number of aryl methyl sites for hydroxylation is 2. The molecule has 2 aromatic heterocycles. The third-order valence-corrected chi connectivity index (χ3v) is 6.40. The van der Waals surface area contributed by atoms with Crippen molar-refractivity contribution in [2.45, 2.75) is 25.3 Å². The molecule has 0 radical (unpaired) electrons. The number of hydrogen-bond acceptors (Lipinski definition) is 4. The summed E-state index contributed by atoms with van der Waals surface area (Å²) in [5.74, 6) is 0.769. The van der Waals surface area contributed by atoms with Gasteiger partial charge in [-0.1, -0.05) is 42.5 Å². The largest absolute Gasteiger partial charge is 0.307 e. The SMILES string of the molecule is Cc1ccc(C)c(S(=O)(=O)NCCn2c(-c3ccccc3)nc3cccnc32)c1. The molecule has 29 heavy (non-hydrogen) atoms. The van der Waals surface area contributed by atoms with Gasteiger partial charge in [-0.15, -0.1) is 0 Å². The van der Waals surface area contributed by atoms with E-state index in [1.54, 1.807) is 19.2 Å². The molecule has 4 rings (SSSR count). The van der Waals surface area contributed by atoms with Crippen LogP contribution in [0.1, 0.15) is 11.1 Å². The molecule has 0 aliphatic carbocycles. The first-order valence-corrected chi connectivity index (χ1v) is 10.9. The van der Waals surface area contributed by atoms with Gasteiger partial charge in [0.05, 0.1) is 4.90 Å². The zero-order valence-electron chi connectivity index (χ0n) is 16.3. The number of sulfonamides is 1. The molecule has 7 heteroatoms. The van der Waals surface area contributed by atoms with Crippen LogP contribution >= 0.6 is 0 Å². The van der Waals surface area contributed by atoms with Gasteiger partial charge in [-0.3, -0.25) is 0 Å². The molecule has 148 valence electrons. The van der Waals surface area contributed by atoms with Gasteiger partial charge in [0.2, 0.25) is 10.0 Å². The molecular weight excluding hydrogens is 384 g/mol. The monoisotopic (exact) mass is 406 g/mol. The predicted molar refractivity (Wildman–Crippen MR) is 114 cm³/mol. The second-order valence-corrected chi connectivity index (χ2v) is 8.70. The zero-order valence-corrected chi connectivity index (χ0v) is 17.1. The van der Waals surface area contributed by atoms with Gasteiger partial charge >= 0.3 is 0 Å². The third kappa shape index (κ3) is 3.92. The number of rotatable bonds is 6. The van der Waals surface area contributed by atoms with Crippen molar-refractivity contribution in [3.8, 4) is 11.4 Å². The van der Waals surface area contributed by atoms with Gasteiger partial charge in [-0.2, -0.15) is 0 Å². The quantitative estimate of drug-likeness (QED) is 0.530. The smallest absolute Gasteiger partial charge is 0.240 e. The van der Waals surface area contributed by atoms with Crippen molar-refractivity contribution in [1.29, 1.82) is 0 Å². The molecule has 0 saturated heterocycles. The van der Waals surface area contributed by atoms with Crippen LogP contribution < -0.4 is 4.72 Å². The normalized spacial score (nSPS) is 11.8. The lowest BCUT2D eigenvalue weighted by Crippen LogP contribution is -2.28. The fraction of sp³-hybridized carbons (Fsp3) is 0.182. The number of aromatic nitrogens is 3. The van der Waals surface area contributed by atoms with Crippen molar-refractivity contribution in [2.24, 2.45) is 0 Å². The molecule has 4 aromatic rings. The number of benzene rings is 2. The van der Waals surface area contributed by atoms with E-state index in [0.29, 0.717) is 11.4 Å². The Kier molecular flexibility index (Phi) is 5.17. The van der Waals surface area contributed by atoms with Crippen LogP contribution in [-0.2, 0) is 16.6 Å². The summed E-state index contributed by atoms with van der Waals surface area (Å²) in [6.07, 6.45) is 1.72. The van der Waals surface area contributed by atoms with E-state index in [-0.39, 0.29) is 6.54 Å². The van der Waals surface area contributed by atoms with E-state index in [0.717, 1.165) is 33.7 Å². The van der Waals surface area contributed by atoms with Crippen molar-refractivity contribution in [3.63, 3.8) is 0 Å². The van der Waals surface area contributed by atoms with Crippen molar-refractivity contribution in [2.75, 3.05) is 6.54 Å². The molecule has 2 aromatic carbocycles. The first-order chi connectivity index (χ1) is 14.0. The summed E-state index contributed by atoms with van der Waals surface area (Å²) in [4.78, 5) is 9.47. The Labute approximate surface area is 170 Å². The Morgan fingerprint density at radius 2 is 1.79 bits per heavy atom. The summed E-state index contributed by atoms with van der Waals surface area (Å²) in [6, 6.07) is 19.0. The molecule has 0 aliphatic heterocycles. The molecule has 0 unspecified atom stereocenters. The van der Waals surface area contributed by atoms with Gasteiger partial charge in [0.1, 0.15) is 11.3 Å². The van der Waals surface area contributed by atoms with Gasteiger partial charge in [-0.05, 0) is 43.2 Å². The van der Waals surface area contributed by atoms with E-state index in [2.05, 4.69) is 9.71 Å². The molecule has 1 N–H and O–H groups in total. The Bertz CT molecular complexity index is 1260. The van der Waals surface area contributed by atoms with Crippen LogP contribution in [0.25, 0.3) is 22.6 Å². The minimum atomic E-state index is -3.60. The number of pyridine rings is 1. The third-order valence-electron chi connectivity index (χ3n) is 4.80. The second kappa shape index (κ2) is 7.77. The van der Waals surface area contributed by atoms with Gasteiger partial charge < -0.3 is 4.57 Å². The lowest BCUT2D eigenvalue weighted by atomic mass is 10.2. The molecule has 0 fully saturated rings. The minimum Gasteiger partial charge on any atom is -0.307 e. The Balaban J connectivity index is 1.62. The number of nitrogens with one attached hydrogen (secondary N) is 1. The molecule has 6 nitrogen and oxygen atoms in total. The van der Waals surface area contributed by atoms with Gasteiger partial charge in [-0.25, -0.2) is 23.1 Å². The number of hydrogen-bond donors (Lipinski definition) is 1. The lowest BCUT2D eigenvalue weighted by Gasteiger charge is -2.12. The predicted octanol–water partition coefficient (Wildman–Crippen LogP) is 3.69. The van der Waals surface area contributed by atoms with E-state index >= 15 is 0 Å². The standard InChI is InChI=1S/C22H22N4O2S/c1-16-10-11-17(2)20(15-16)29(27,28)24-13-14-26-21(18-7-4-3-5-8-18)25-19-9-6-12-23-22(19)26/h3-12,15,24H,13-14H2,1-2H3. The molecule has 0 amide bonds. The molecule has 0 bridgehead atoms. The zero-order chi connectivity index (χ0) is 20.4. The lowest BCUT2D eigenvalue weighted by molar-refractivity contribution is 0.573. The maximum atomic E-state index is 12.8. The highest BCUT2D eigenvalue weighted by molar-refractivity contribution is 7.89. The fourth-order valence-electron chi connectivity index (χ4n) is 3.34. The Morgan fingerprint density at radius 3 is 2.59 bits per heavy atom. The molecule has 0 aliphatic rings. The summed E-state index contributed by atoms with van der Waals surface area (Å²) in [5.41, 5.74) is 4.11.